The first-order valence-corrected chi connectivity index (χ1v) is 14.0. The van der Waals surface area contributed by atoms with Gasteiger partial charge in [-0.05, 0) is 18.9 Å². The standard InChI is InChI=1S/C22H18FN7O7S3.Na/c23-5-6-37-28-15(11-8-38-21(24)25-11)18(31)27-16-12-3-4-13(17(20(33)34)29(12)19(16)32)39-22-26-10-2-1-9(30(35)36)7-14(10)40-22;/h1-2,7-8,12,16H,3-6H2,(H2,24,25)(H,27,31)(H,33,34);/q;+1/p-1/b28-15+;/t12-,16+;/m1./s1. The molecule has 3 aromatic rings. The molecule has 1 fully saturated rings. The summed E-state index contributed by atoms with van der Waals surface area (Å²) in [5, 5.41) is 31.0. The van der Waals surface area contributed by atoms with Crippen molar-refractivity contribution >= 4 is 79.0 Å². The van der Waals surface area contributed by atoms with E-state index in [2.05, 4.69) is 20.4 Å². The molecule has 0 unspecified atom stereocenters. The van der Waals surface area contributed by atoms with Crippen molar-refractivity contribution in [1.29, 1.82) is 0 Å². The number of benzene rings is 1. The van der Waals surface area contributed by atoms with Gasteiger partial charge in [0.05, 0.1) is 32.8 Å². The monoisotopic (exact) mass is 629 g/mol. The molecule has 2 amide bonds. The van der Waals surface area contributed by atoms with Crippen LogP contribution in [0.1, 0.15) is 18.5 Å². The Balaban J connectivity index is 0.00000387. The van der Waals surface area contributed by atoms with Gasteiger partial charge in [0.15, 0.2) is 15.2 Å². The Morgan fingerprint density at radius 3 is 2.80 bits per heavy atom. The number of non-ortho nitro benzene ring substituents is 1. The molecule has 4 heterocycles. The summed E-state index contributed by atoms with van der Waals surface area (Å²) in [7, 11) is 0. The number of carboxylic acid groups (broad SMARTS) is 1. The number of aromatic nitrogens is 2. The summed E-state index contributed by atoms with van der Waals surface area (Å²) >= 11 is 3.24. The number of β-lactam (4-membered cyclic amide) rings is 1. The molecule has 2 atom stereocenters. The van der Waals surface area contributed by atoms with E-state index in [4.69, 9.17) is 10.6 Å². The number of halogens is 1. The first-order valence-electron chi connectivity index (χ1n) is 11.5. The van der Waals surface area contributed by atoms with Gasteiger partial charge in [-0.1, -0.05) is 16.9 Å². The zero-order valence-corrected chi connectivity index (χ0v) is 25.5. The van der Waals surface area contributed by atoms with Crippen LogP contribution in [0.4, 0.5) is 15.2 Å². The van der Waals surface area contributed by atoms with Crippen molar-refractivity contribution in [2.75, 3.05) is 19.0 Å². The first-order chi connectivity index (χ1) is 19.2. The predicted octanol–water partition coefficient (Wildman–Crippen LogP) is -1.82. The number of carboxylic acids is 1. The number of nitro groups is 1. The number of carbonyl (C=O) groups excluding carboxylic acids is 3. The molecule has 0 saturated carbocycles. The van der Waals surface area contributed by atoms with Gasteiger partial charge >= 0.3 is 29.6 Å². The molecular formula is C22H17FN7NaO7S3. The molecule has 208 valence electrons. The summed E-state index contributed by atoms with van der Waals surface area (Å²) in [4.78, 5) is 63.3. The van der Waals surface area contributed by atoms with Gasteiger partial charge in [-0.25, -0.2) is 14.4 Å². The molecule has 0 radical (unpaired) electrons. The molecule has 14 nitrogen and oxygen atoms in total. The van der Waals surface area contributed by atoms with E-state index in [0.29, 0.717) is 25.9 Å². The Bertz CT molecular complexity index is 1610. The fourth-order valence-electron chi connectivity index (χ4n) is 4.23. The molecule has 0 bridgehead atoms. The van der Waals surface area contributed by atoms with Crippen molar-refractivity contribution in [3.05, 3.63) is 50.0 Å². The van der Waals surface area contributed by atoms with Crippen LogP contribution in [0.5, 0.6) is 0 Å². The third-order valence-corrected chi connectivity index (χ3v) is 8.85. The summed E-state index contributed by atoms with van der Waals surface area (Å²) in [6, 6.07) is 2.49. The third kappa shape index (κ3) is 6.21. The van der Waals surface area contributed by atoms with Crippen molar-refractivity contribution in [2.24, 2.45) is 5.16 Å². The van der Waals surface area contributed by atoms with Crippen LogP contribution >= 0.6 is 34.4 Å². The van der Waals surface area contributed by atoms with Gasteiger partial charge in [0.1, 0.15) is 25.0 Å². The third-order valence-electron chi connectivity index (χ3n) is 5.95. The van der Waals surface area contributed by atoms with Gasteiger partial charge in [-0.15, -0.1) is 22.7 Å². The number of nitrogen functional groups attached to an aromatic ring is 1. The number of hydrogen-bond acceptors (Lipinski definition) is 14. The van der Waals surface area contributed by atoms with Gasteiger partial charge in [0, 0.05) is 22.4 Å². The number of rotatable bonds is 10. The number of nitro benzene ring substituents is 1. The Kier molecular flexibility index (Phi) is 9.60. The quantitative estimate of drug-likeness (QED) is 0.0638. The van der Waals surface area contributed by atoms with E-state index in [9.17, 15) is 34.0 Å². The predicted molar refractivity (Wildman–Crippen MR) is 141 cm³/mol. The average molecular weight is 630 g/mol. The number of oxime groups is 1. The summed E-state index contributed by atoms with van der Waals surface area (Å²) in [6.07, 6.45) is 0.564. The van der Waals surface area contributed by atoms with Crippen LogP contribution in [-0.2, 0) is 19.2 Å². The maximum Gasteiger partial charge on any atom is 1.00 e. The van der Waals surface area contributed by atoms with Gasteiger partial charge in [0.25, 0.3) is 17.5 Å². The molecule has 3 N–H and O–H groups in total. The van der Waals surface area contributed by atoms with Crippen molar-refractivity contribution < 1.29 is 63.2 Å². The average Bonchev–Trinajstić information content (AvgIpc) is 3.53. The number of nitrogens with two attached hydrogens (primary N) is 1. The number of carbonyl (C=O) groups is 3. The van der Waals surface area contributed by atoms with Crippen LogP contribution in [-0.4, -0.2) is 68.7 Å². The number of aliphatic carboxylic acids is 1. The molecule has 2 aliphatic heterocycles. The minimum atomic E-state index is -1.57. The van der Waals surface area contributed by atoms with E-state index in [1.807, 2.05) is 0 Å². The summed E-state index contributed by atoms with van der Waals surface area (Å²) in [6.45, 7) is -1.24. The molecule has 41 heavy (non-hydrogen) atoms. The molecule has 0 aliphatic carbocycles. The first kappa shape index (κ1) is 30.8. The van der Waals surface area contributed by atoms with Gasteiger partial charge in [-0.2, -0.15) is 0 Å². The molecule has 1 saturated heterocycles. The number of amides is 2. The van der Waals surface area contributed by atoms with E-state index < -0.39 is 48.1 Å². The number of nitrogens with one attached hydrogen (secondary N) is 1. The number of alkyl halides is 1. The van der Waals surface area contributed by atoms with Crippen LogP contribution in [0.25, 0.3) is 10.2 Å². The molecule has 0 spiro atoms. The van der Waals surface area contributed by atoms with E-state index >= 15 is 0 Å². The van der Waals surface area contributed by atoms with E-state index in [1.54, 1.807) is 0 Å². The fourth-order valence-corrected chi connectivity index (χ4v) is 7.10. The SMILES string of the molecule is Nc1nc(/C(=N\OCCF)C(=O)N[C@@H]2C(=O)N3C(C(=O)[O-])=C(Sc4nc5ccc([N+](=O)[O-])cc5s4)CC[C@H]23)cs1.[Na+]. The van der Waals surface area contributed by atoms with E-state index in [-0.39, 0.29) is 63.9 Å². The fraction of sp³-hybridized carbons (Fsp3) is 0.273. The number of anilines is 1. The topological polar surface area (TPSA) is 206 Å². The van der Waals surface area contributed by atoms with Crippen molar-refractivity contribution in [3.8, 4) is 0 Å². The van der Waals surface area contributed by atoms with Crippen LogP contribution < -0.4 is 45.7 Å². The Labute approximate surface area is 264 Å². The molecule has 2 aliphatic rings. The smallest absolute Gasteiger partial charge is 0.543 e. The molecular weight excluding hydrogens is 612 g/mol. The number of hydrogen-bond donors (Lipinski definition) is 2. The second-order valence-corrected chi connectivity index (χ2v) is 11.6. The summed E-state index contributed by atoms with van der Waals surface area (Å²) < 4.78 is 13.5. The second-order valence-electron chi connectivity index (χ2n) is 8.35. The van der Waals surface area contributed by atoms with Crippen molar-refractivity contribution in [2.45, 2.75) is 29.3 Å². The normalized spacial score (nSPS) is 18.4. The Hall–Kier alpha value is -3.16. The van der Waals surface area contributed by atoms with Gasteiger partial charge in [0.2, 0.25) is 0 Å². The maximum absolute atomic E-state index is 13.1. The zero-order chi connectivity index (χ0) is 28.6. The Morgan fingerprint density at radius 1 is 1.37 bits per heavy atom. The number of nitrogens with zero attached hydrogens (tertiary/aromatic N) is 5. The number of fused-ring (bicyclic) bond motifs is 2. The molecule has 2 aromatic heterocycles. The van der Waals surface area contributed by atoms with Crippen LogP contribution in [0.3, 0.4) is 0 Å². The van der Waals surface area contributed by atoms with Crippen molar-refractivity contribution in [1.82, 2.24) is 20.2 Å². The van der Waals surface area contributed by atoms with Crippen LogP contribution in [0.15, 0.2) is 43.7 Å². The number of thioether (sulfide) groups is 1. The second kappa shape index (κ2) is 12.8. The summed E-state index contributed by atoms with van der Waals surface area (Å²) in [5.74, 6) is -3.07. The zero-order valence-electron chi connectivity index (χ0n) is 21.1. The van der Waals surface area contributed by atoms with Crippen LogP contribution in [0, 0.1) is 10.1 Å². The maximum atomic E-state index is 13.1. The Morgan fingerprint density at radius 2 is 2.15 bits per heavy atom. The van der Waals surface area contributed by atoms with Crippen LogP contribution in [0.2, 0.25) is 0 Å². The molecule has 1 aromatic carbocycles. The minimum Gasteiger partial charge on any atom is -0.543 e. The van der Waals surface area contributed by atoms with Gasteiger partial charge < -0.3 is 30.7 Å². The van der Waals surface area contributed by atoms with Crippen molar-refractivity contribution in [3.63, 3.8) is 0 Å². The van der Waals surface area contributed by atoms with Gasteiger partial charge in [-0.3, -0.25) is 19.7 Å². The van der Waals surface area contributed by atoms with E-state index in [0.717, 1.165) is 39.3 Å². The minimum absolute atomic E-state index is 0. The number of thiazole rings is 2. The number of allylic oxidation sites excluding steroid dienone is 1. The molecule has 19 heteroatoms. The van der Waals surface area contributed by atoms with E-state index in [1.165, 1.54) is 23.6 Å². The molecule has 5 rings (SSSR count). The largest absolute Gasteiger partial charge is 1.00 e. The summed E-state index contributed by atoms with van der Waals surface area (Å²) in [5.41, 5.74) is 5.48.